The molecule has 0 radical (unpaired) electrons. The number of hydrogen-bond acceptors (Lipinski definition) is 8. The third-order valence-electron chi connectivity index (χ3n) is 6.70. The summed E-state index contributed by atoms with van der Waals surface area (Å²) in [5, 5.41) is 13.8. The molecule has 1 aliphatic rings. The molecule has 1 unspecified atom stereocenters. The van der Waals surface area contributed by atoms with Gasteiger partial charge in [-0.15, -0.1) is 0 Å². The van der Waals surface area contributed by atoms with Crippen LogP contribution in [0.1, 0.15) is 59.9 Å². The average Bonchev–Trinajstić information content (AvgIpc) is 3.51. The fourth-order valence-electron chi connectivity index (χ4n) is 4.29. The first kappa shape index (κ1) is 28.0. The Bertz CT molecular complexity index is 1670. The minimum atomic E-state index is -5.04. The Hall–Kier alpha value is -4.53. The van der Waals surface area contributed by atoms with E-state index >= 15 is 0 Å². The minimum absolute atomic E-state index is 0.0448. The summed E-state index contributed by atoms with van der Waals surface area (Å²) in [6.07, 6.45) is 2.36. The number of H-pyrrole nitrogens is 1. The van der Waals surface area contributed by atoms with Gasteiger partial charge in [-0.1, -0.05) is 29.8 Å². The summed E-state index contributed by atoms with van der Waals surface area (Å²) in [6.45, 7) is 1.61. The molecule has 1 amide bonds. The van der Waals surface area contributed by atoms with E-state index in [1.54, 1.807) is 13.0 Å². The highest BCUT2D eigenvalue weighted by atomic mass is 32.2. The van der Waals surface area contributed by atoms with Crippen molar-refractivity contribution in [1.82, 2.24) is 15.4 Å². The van der Waals surface area contributed by atoms with Crippen molar-refractivity contribution >= 4 is 33.3 Å². The van der Waals surface area contributed by atoms with E-state index in [-0.39, 0.29) is 34.1 Å². The van der Waals surface area contributed by atoms with Gasteiger partial charge in [-0.25, -0.2) is 12.8 Å². The van der Waals surface area contributed by atoms with Gasteiger partial charge in [-0.3, -0.25) is 14.6 Å². The maximum absolute atomic E-state index is 13.4. The van der Waals surface area contributed by atoms with Crippen molar-refractivity contribution in [3.63, 3.8) is 0 Å². The van der Waals surface area contributed by atoms with E-state index < -0.39 is 33.6 Å². The standard InChI is InChI=1S/C26H25F3N6O5S/c1-13(14-5-8-17(27)9-6-14)39-20-11-16(7-10-18(20)35-41(37,38)26(28)29)23-22(24(30)36)25(33-32-23)31-21-12-19(40-34-21)15-3-2-4-15/h5-13,15,26,35H,2-4H2,1H3,(H2,30,36)(H2,31,32,33,34). The van der Waals surface area contributed by atoms with Crippen LogP contribution in [0.4, 0.5) is 30.5 Å². The number of nitrogens with one attached hydrogen (secondary N) is 3. The van der Waals surface area contributed by atoms with Crippen molar-refractivity contribution in [2.75, 3.05) is 10.0 Å². The number of sulfonamides is 1. The molecule has 0 saturated heterocycles. The molecule has 1 saturated carbocycles. The first-order chi connectivity index (χ1) is 19.5. The van der Waals surface area contributed by atoms with Crippen LogP contribution in [0.2, 0.25) is 0 Å². The third kappa shape index (κ3) is 5.99. The second-order valence-corrected chi connectivity index (χ2v) is 11.1. The molecule has 5 rings (SSSR count). The maximum atomic E-state index is 13.4. The lowest BCUT2D eigenvalue weighted by atomic mass is 9.84. The number of hydrogen-bond donors (Lipinski definition) is 4. The van der Waals surface area contributed by atoms with Gasteiger partial charge in [0, 0.05) is 17.5 Å². The summed E-state index contributed by atoms with van der Waals surface area (Å²) < 4.78 is 76.6. The summed E-state index contributed by atoms with van der Waals surface area (Å²) in [6, 6.07) is 11.0. The van der Waals surface area contributed by atoms with Crippen molar-refractivity contribution in [2.45, 2.75) is 44.0 Å². The van der Waals surface area contributed by atoms with Crippen LogP contribution in [0.25, 0.3) is 11.3 Å². The van der Waals surface area contributed by atoms with Crippen molar-refractivity contribution < 1.29 is 35.6 Å². The topological polar surface area (TPSA) is 165 Å². The number of primary amides is 1. The minimum Gasteiger partial charge on any atom is -0.484 e. The molecule has 2 heterocycles. The second-order valence-electron chi connectivity index (χ2n) is 9.48. The number of nitrogens with two attached hydrogens (primary N) is 1. The molecule has 216 valence electrons. The van der Waals surface area contributed by atoms with Gasteiger partial charge in [0.05, 0.1) is 11.4 Å². The zero-order valence-corrected chi connectivity index (χ0v) is 22.3. The molecule has 1 atom stereocenters. The van der Waals surface area contributed by atoms with Gasteiger partial charge in [-0.05, 0) is 49.6 Å². The van der Waals surface area contributed by atoms with Crippen molar-refractivity contribution in [1.29, 1.82) is 0 Å². The van der Waals surface area contributed by atoms with Crippen LogP contribution >= 0.6 is 0 Å². The Kier molecular flexibility index (Phi) is 7.62. The number of aromatic amines is 1. The normalized spacial score (nSPS) is 14.5. The molecule has 0 aliphatic heterocycles. The molecule has 2 aromatic carbocycles. The van der Waals surface area contributed by atoms with Gasteiger partial charge in [0.25, 0.3) is 15.9 Å². The predicted molar refractivity (Wildman–Crippen MR) is 143 cm³/mol. The van der Waals surface area contributed by atoms with Crippen LogP contribution in [0, 0.1) is 5.82 Å². The quantitative estimate of drug-likeness (QED) is 0.180. The fourth-order valence-corrected chi connectivity index (χ4v) is 4.85. The van der Waals surface area contributed by atoms with E-state index in [0.717, 1.165) is 19.3 Å². The number of amides is 1. The average molecular weight is 591 g/mol. The van der Waals surface area contributed by atoms with E-state index in [0.29, 0.717) is 23.1 Å². The number of halogens is 3. The summed E-state index contributed by atoms with van der Waals surface area (Å²) in [5.41, 5.74) is 6.28. The van der Waals surface area contributed by atoms with Crippen molar-refractivity contribution in [2.24, 2.45) is 5.73 Å². The van der Waals surface area contributed by atoms with E-state index in [4.69, 9.17) is 15.0 Å². The number of carbonyl (C=O) groups is 1. The van der Waals surface area contributed by atoms with Crippen LogP contribution in [0.15, 0.2) is 53.1 Å². The van der Waals surface area contributed by atoms with Gasteiger partial charge in [-0.2, -0.15) is 13.9 Å². The van der Waals surface area contributed by atoms with Gasteiger partial charge in [0.1, 0.15) is 29.0 Å². The zero-order valence-electron chi connectivity index (χ0n) is 21.5. The van der Waals surface area contributed by atoms with Gasteiger partial charge in [0.2, 0.25) is 0 Å². The molecule has 1 aliphatic carbocycles. The number of nitrogens with zero attached hydrogens (tertiary/aromatic N) is 2. The molecule has 1 fully saturated rings. The van der Waals surface area contributed by atoms with E-state index in [2.05, 4.69) is 20.7 Å². The highest BCUT2D eigenvalue weighted by Crippen LogP contribution is 2.39. The third-order valence-corrected chi connectivity index (χ3v) is 7.67. The van der Waals surface area contributed by atoms with Crippen LogP contribution in [-0.4, -0.2) is 35.4 Å². The molecule has 4 aromatic rings. The monoisotopic (exact) mass is 590 g/mol. The summed E-state index contributed by atoms with van der Waals surface area (Å²) in [7, 11) is -5.04. The number of anilines is 3. The van der Waals surface area contributed by atoms with Gasteiger partial charge >= 0.3 is 5.76 Å². The van der Waals surface area contributed by atoms with E-state index in [9.17, 15) is 26.4 Å². The van der Waals surface area contributed by atoms with Gasteiger partial charge < -0.3 is 20.3 Å². The van der Waals surface area contributed by atoms with Crippen LogP contribution < -0.4 is 20.5 Å². The Labute approximate surface area is 232 Å². The number of rotatable bonds is 11. The number of carbonyl (C=O) groups excluding carboxylic acids is 1. The SMILES string of the molecule is CC(Oc1cc(-c2[nH]nc(Nc3cc(C4CCC4)on3)c2C(N)=O)ccc1NS(=O)(=O)C(F)F)c1ccc(F)cc1. The summed E-state index contributed by atoms with van der Waals surface area (Å²) >= 11 is 0. The largest absolute Gasteiger partial charge is 0.484 e. The number of benzene rings is 2. The molecule has 41 heavy (non-hydrogen) atoms. The number of alkyl halides is 2. The molecular weight excluding hydrogens is 565 g/mol. The Morgan fingerprint density at radius 2 is 1.90 bits per heavy atom. The van der Waals surface area contributed by atoms with Crippen LogP contribution in [0.3, 0.4) is 0 Å². The molecular formula is C26H25F3N6O5S. The first-order valence-corrected chi connectivity index (χ1v) is 14.0. The lowest BCUT2D eigenvalue weighted by Gasteiger charge is -2.21. The number of ether oxygens (including phenoxy) is 1. The van der Waals surface area contributed by atoms with Crippen LogP contribution in [0.5, 0.6) is 5.75 Å². The van der Waals surface area contributed by atoms with E-state index in [1.807, 2.05) is 4.72 Å². The lowest BCUT2D eigenvalue weighted by Crippen LogP contribution is -2.21. The second kappa shape index (κ2) is 11.2. The van der Waals surface area contributed by atoms with Gasteiger partial charge in [0.15, 0.2) is 11.6 Å². The molecule has 11 nitrogen and oxygen atoms in total. The Balaban J connectivity index is 1.49. The predicted octanol–water partition coefficient (Wildman–Crippen LogP) is 5.42. The van der Waals surface area contributed by atoms with Crippen molar-refractivity contribution in [3.8, 4) is 17.0 Å². The summed E-state index contributed by atoms with van der Waals surface area (Å²) in [4.78, 5) is 12.5. The van der Waals surface area contributed by atoms with Crippen molar-refractivity contribution in [3.05, 3.63) is 71.2 Å². The molecule has 0 bridgehead atoms. The molecule has 2 aromatic heterocycles. The zero-order chi connectivity index (χ0) is 29.3. The molecule has 5 N–H and O–H groups in total. The Morgan fingerprint density at radius 3 is 2.54 bits per heavy atom. The summed E-state index contributed by atoms with van der Waals surface area (Å²) in [5.74, 6) is -3.77. The molecule has 15 heteroatoms. The fraction of sp³-hybridized carbons (Fsp3) is 0.269. The highest BCUT2D eigenvalue weighted by Gasteiger charge is 2.28. The lowest BCUT2D eigenvalue weighted by molar-refractivity contribution is 0.100. The maximum Gasteiger partial charge on any atom is 0.355 e. The highest BCUT2D eigenvalue weighted by molar-refractivity contribution is 7.93. The molecule has 0 spiro atoms. The number of aromatic nitrogens is 3. The van der Waals surface area contributed by atoms with E-state index in [1.165, 1.54) is 42.5 Å². The Morgan fingerprint density at radius 1 is 1.17 bits per heavy atom. The van der Waals surface area contributed by atoms with Crippen LogP contribution in [-0.2, 0) is 10.0 Å². The smallest absolute Gasteiger partial charge is 0.355 e. The first-order valence-electron chi connectivity index (χ1n) is 12.5.